The molecule has 0 aliphatic heterocycles. The van der Waals surface area contributed by atoms with Gasteiger partial charge in [0.2, 0.25) is 0 Å². The van der Waals surface area contributed by atoms with Crippen molar-refractivity contribution < 1.29 is 73.8 Å². The molecule has 0 heterocycles. The molecule has 0 radical (unpaired) electrons. The third kappa shape index (κ3) is 29.3. The van der Waals surface area contributed by atoms with Gasteiger partial charge in [-0.05, 0) is 231 Å². The predicted molar refractivity (Wildman–Crippen MR) is 602 cm³/mol. The van der Waals surface area contributed by atoms with Gasteiger partial charge in [-0.1, -0.05) is 333 Å². The topological polar surface area (TPSA) is 198 Å². The highest BCUT2D eigenvalue weighted by molar-refractivity contribution is 6.77. The highest BCUT2D eigenvalue weighted by atomic mass is 28.4. The Morgan fingerprint density at radius 1 is 0.295 bits per heavy atom. The third-order valence-electron chi connectivity index (χ3n) is 32.5. The SMILES string of the molecule is C.C.CC(C)(C)[Si](C)(C)OC(CO)C(O[Si](C)(C)C(C)(C)C)C(O[Si](C)(C)C(C)(C)C)C(CNC(=O)OCC1c2ccccc2-c2ccccc21)O[Si](C)(C)C(C)(C)C.COc1ccc(C(OCC(O[Si](C)(C)C(C)(C)C)C(O[Si](C)(C)C(C)(C)C)C(O[Si](C)(C)C(C)(C)C)C(CNC(=O)OCC2c3ccccc3-c3ccccc32)O[Si](C)(C)C(C)(C)C)(c2ccccc2)c2ccc(OC)cc2)cc1. The number of aliphatic hydroxyl groups is 1. The monoisotopic (exact) mass is 2050 g/mol. The van der Waals surface area contributed by atoms with E-state index in [0.29, 0.717) is 0 Å². The zero-order chi connectivity index (χ0) is 103. The lowest BCUT2D eigenvalue weighted by atomic mass is 9.80. The number of carbonyl (C=O) groups is 2. The van der Waals surface area contributed by atoms with Crippen molar-refractivity contribution in [1.82, 2.24) is 10.6 Å². The molecule has 0 bridgehead atoms. The average molecular weight is 2060 g/mol. The summed E-state index contributed by atoms with van der Waals surface area (Å²) in [4.78, 5) is 28.4. The summed E-state index contributed by atoms with van der Waals surface area (Å²) in [5, 5.41) is 16.4. The van der Waals surface area contributed by atoms with Gasteiger partial charge in [0.1, 0.15) is 30.3 Å². The first-order valence-corrected chi connectivity index (χ1v) is 73.1. The first kappa shape index (κ1) is 122. The van der Waals surface area contributed by atoms with E-state index in [9.17, 15) is 14.7 Å². The molecule has 18 nitrogen and oxygen atoms in total. The van der Waals surface area contributed by atoms with Crippen LogP contribution in [0.25, 0.3) is 22.3 Å². The molecule has 2 aliphatic rings. The van der Waals surface area contributed by atoms with E-state index in [1.165, 1.54) is 22.3 Å². The fourth-order valence-corrected chi connectivity index (χ4v) is 26.1. The van der Waals surface area contributed by atoms with Gasteiger partial charge in [0, 0.05) is 24.9 Å². The maximum Gasteiger partial charge on any atom is 0.407 e. The van der Waals surface area contributed by atoms with E-state index in [2.05, 4.69) is 415 Å². The molecule has 0 saturated heterocycles. The van der Waals surface area contributed by atoms with E-state index in [1.54, 1.807) is 14.2 Å². The number of benzene rings is 7. The van der Waals surface area contributed by atoms with Gasteiger partial charge in [0.15, 0.2) is 66.5 Å². The maximum absolute atomic E-state index is 14.5. The molecule has 0 saturated carbocycles. The minimum atomic E-state index is -2.76. The Labute approximate surface area is 851 Å². The second-order valence-electron chi connectivity index (χ2n) is 50.4. The quantitative estimate of drug-likeness (QED) is 0.0243. The Hall–Kier alpha value is -5.98. The predicted octanol–water partition coefficient (Wildman–Crippen LogP) is 30.5. The molecule has 2 amide bonds. The van der Waals surface area contributed by atoms with Gasteiger partial charge in [-0.3, -0.25) is 0 Å². The van der Waals surface area contributed by atoms with E-state index in [0.717, 1.165) is 50.4 Å². The fourth-order valence-electron chi connectivity index (χ4n) is 15.5. The van der Waals surface area contributed by atoms with Crippen LogP contribution in [0.4, 0.5) is 9.59 Å². The van der Waals surface area contributed by atoms with Crippen molar-refractivity contribution >= 4 is 78.7 Å². The van der Waals surface area contributed by atoms with Crippen LogP contribution in [0.5, 0.6) is 11.5 Å². The summed E-state index contributed by atoms with van der Waals surface area (Å²) in [5.41, 5.74) is 10.9. The average Bonchev–Trinajstić information content (AvgIpc) is 1.65. The van der Waals surface area contributed by atoms with E-state index in [1.807, 2.05) is 42.5 Å². The van der Waals surface area contributed by atoms with Gasteiger partial charge in [-0.25, -0.2) is 9.59 Å². The molecule has 0 spiro atoms. The number of ether oxygens (including phenoxy) is 5. The van der Waals surface area contributed by atoms with Crippen LogP contribution in [-0.4, -0.2) is 186 Å². The van der Waals surface area contributed by atoms with Crippen LogP contribution in [-0.2, 0) is 55.2 Å². The summed E-state index contributed by atoms with van der Waals surface area (Å²) in [7, 11) is -17.5. The van der Waals surface area contributed by atoms with Gasteiger partial charge in [0.25, 0.3) is 0 Å². The van der Waals surface area contributed by atoms with Crippen LogP contribution in [0.1, 0.15) is 232 Å². The second kappa shape index (κ2) is 46.4. The Bertz CT molecular complexity index is 4930. The summed E-state index contributed by atoms with van der Waals surface area (Å²) in [6.45, 7) is 90.5. The van der Waals surface area contributed by atoms with Crippen molar-refractivity contribution in [2.24, 2.45) is 0 Å². The van der Waals surface area contributed by atoms with Gasteiger partial charge in [-0.2, -0.15) is 0 Å². The molecule has 8 atom stereocenters. The highest BCUT2D eigenvalue weighted by Crippen LogP contribution is 2.53. The maximum atomic E-state index is 14.5. The number of hydrogen-bond donors (Lipinski definition) is 3. The molecule has 0 aromatic heterocycles. The molecule has 2 aliphatic carbocycles. The summed E-state index contributed by atoms with van der Waals surface area (Å²) in [6.07, 6.45) is -6.67. The van der Waals surface area contributed by atoms with E-state index < -0.39 is 133 Å². The van der Waals surface area contributed by atoms with E-state index in [-0.39, 0.29) is 107 Å². The minimum Gasteiger partial charge on any atom is -0.497 e. The first-order valence-electron chi connectivity index (χ1n) is 49.9. The lowest BCUT2D eigenvalue weighted by Gasteiger charge is -2.52. The molecule has 0 fully saturated rings. The molecular weight excluding hydrogens is 1870 g/mol. The number of alkyl carbamates (subject to hydrolysis) is 2. The van der Waals surface area contributed by atoms with Crippen molar-refractivity contribution in [1.29, 1.82) is 0 Å². The van der Waals surface area contributed by atoms with Gasteiger partial charge >= 0.3 is 12.2 Å². The number of aliphatic hydroxyl groups excluding tert-OH is 1. The fraction of sp³-hybridized carbons (Fsp3) is 0.611. The first-order chi connectivity index (χ1) is 62.7. The zero-order valence-corrected chi connectivity index (χ0v) is 100. The van der Waals surface area contributed by atoms with Crippen molar-refractivity contribution in [3.05, 3.63) is 215 Å². The largest absolute Gasteiger partial charge is 0.497 e. The second-order valence-corrected chi connectivity index (χ2v) is 88.5. The Morgan fingerprint density at radius 2 is 0.511 bits per heavy atom. The van der Waals surface area contributed by atoms with Crippen molar-refractivity contribution in [3.8, 4) is 33.8 Å². The minimum absolute atomic E-state index is 0. The third-order valence-corrected chi connectivity index (χ3v) is 68.4. The smallest absolute Gasteiger partial charge is 0.407 e. The molecule has 7 aromatic rings. The van der Waals surface area contributed by atoms with Crippen LogP contribution in [0.3, 0.4) is 0 Å². The molecule has 778 valence electrons. The number of nitrogens with one attached hydrogen (secondary N) is 2. The number of fused-ring (bicyclic) bond motifs is 6. The van der Waals surface area contributed by atoms with Crippen molar-refractivity contribution in [2.75, 3.05) is 53.7 Å². The lowest BCUT2D eigenvalue weighted by molar-refractivity contribution is -0.117. The van der Waals surface area contributed by atoms with Crippen LogP contribution in [0, 0.1) is 0 Å². The number of amides is 2. The summed E-state index contributed by atoms with van der Waals surface area (Å²) in [5.74, 6) is 1.31. The van der Waals surface area contributed by atoms with Gasteiger partial charge in [-0.15, -0.1) is 0 Å². The number of methoxy groups -OCH3 is 2. The lowest BCUT2D eigenvalue weighted by Crippen LogP contribution is -2.64. The number of carbonyl (C=O) groups excluding carboxylic acids is 2. The Balaban J connectivity index is 0.000000444. The Morgan fingerprint density at radius 3 is 0.763 bits per heavy atom. The van der Waals surface area contributed by atoms with Crippen LogP contribution >= 0.6 is 0 Å². The van der Waals surface area contributed by atoms with Crippen LogP contribution < -0.4 is 20.1 Å². The standard InChI is InChI=1S/C66H99NO9Si4.C45H81NO7Si4.2CH4/c1-62(2,3)77(15,16)73-57(44-67-61(68)71-45-56-54-34-28-26-32-52(54)53-33-27-29-35-55(53)56)59(75-79(19,20)64(7,8)9)60(76-80(21,22)65(10,11)12)58(74-78(17,18)63(4,5)6)46-72-66(47-30-24-23-25-31-47,48-36-40-50(69-13)41-37-48)49-38-42-51(70-14)43-39-49;1-42(2,3)54(13,14)50-37(29-46-41(48)49-31-36-34-27-23-21-25-32(34)33-26-22-24-28-35(33)36)39(52-56(17,18)44(7,8)9)40(53-57(19,20)45(10,11)12)38(30-47)51-55(15,16)43(4,5)6;;/h23-43,56-60H,44-46H2,1-22H3,(H,67,68);21-28,36-40,47H,29-31H2,1-20H3,(H,46,48);2*1H4. The van der Waals surface area contributed by atoms with Crippen LogP contribution in [0.2, 0.25) is 145 Å². The van der Waals surface area contributed by atoms with Crippen LogP contribution in [0.15, 0.2) is 176 Å². The molecule has 7 aromatic carbocycles. The molecule has 26 heteroatoms. The summed E-state index contributed by atoms with van der Waals surface area (Å²) in [6, 6.07) is 60.2. The van der Waals surface area contributed by atoms with Gasteiger partial charge in [0.05, 0.1) is 76.3 Å². The number of rotatable bonds is 39. The summed E-state index contributed by atoms with van der Waals surface area (Å²) >= 11 is 0. The molecule has 8 unspecified atom stereocenters. The summed E-state index contributed by atoms with van der Waals surface area (Å²) < 4.78 is 93.1. The Kier molecular flexibility index (Phi) is 40.6. The molecule has 139 heavy (non-hydrogen) atoms. The van der Waals surface area contributed by atoms with Crippen molar-refractivity contribution in [3.63, 3.8) is 0 Å². The van der Waals surface area contributed by atoms with Crippen molar-refractivity contribution in [2.45, 2.75) is 392 Å². The normalized spacial score (nSPS) is 16.0. The highest BCUT2D eigenvalue weighted by Gasteiger charge is 2.57. The van der Waals surface area contributed by atoms with E-state index >= 15 is 0 Å². The zero-order valence-electron chi connectivity index (χ0n) is 92.3. The molecular formula is C113H188N2O16Si8. The van der Waals surface area contributed by atoms with E-state index in [4.69, 9.17) is 59.1 Å². The molecule has 9 rings (SSSR count). The van der Waals surface area contributed by atoms with Gasteiger partial charge < -0.3 is 74.8 Å². The molecule has 3 N–H and O–H groups in total. The number of hydrogen-bond acceptors (Lipinski definition) is 16.